The lowest BCUT2D eigenvalue weighted by Crippen LogP contribution is -2.15. The predicted molar refractivity (Wildman–Crippen MR) is 140 cm³/mol. The summed E-state index contributed by atoms with van der Waals surface area (Å²) in [7, 11) is 1.38. The number of nitrogens with zero attached hydrogens (tertiary/aromatic N) is 3. The van der Waals surface area contributed by atoms with Crippen molar-refractivity contribution in [2.75, 3.05) is 13.7 Å². The Morgan fingerprint density at radius 1 is 1.06 bits per heavy atom. The Balaban J connectivity index is 1.81. The summed E-state index contributed by atoms with van der Waals surface area (Å²) in [4.78, 5) is 29.2. The van der Waals surface area contributed by atoms with E-state index in [4.69, 9.17) is 26.1 Å². The molecule has 7 nitrogen and oxygen atoms in total. The van der Waals surface area contributed by atoms with Gasteiger partial charge in [-0.1, -0.05) is 55.3 Å². The molecule has 0 saturated heterocycles. The molecule has 0 aliphatic heterocycles. The Kier molecular flexibility index (Phi) is 8.10. The standard InChI is InChI=1S/C28H30ClN3O4/c1-4-6-11-25-30-27(29)24(32(25)21-14-12-19(13-15-21)16-26(33)35-3)18-31-22-10-8-7-9-20(22)17-23(31)28(34)36-5-2/h7-10,12-15,17H,4-6,11,16,18H2,1-3H3. The maximum atomic E-state index is 12.8. The number of hydrogen-bond donors (Lipinski definition) is 0. The number of unbranched alkanes of at least 4 members (excludes halogenated alkanes) is 1. The summed E-state index contributed by atoms with van der Waals surface area (Å²) in [5.74, 6) is 0.185. The lowest BCUT2D eigenvalue weighted by Gasteiger charge is -2.16. The van der Waals surface area contributed by atoms with Crippen LogP contribution in [-0.4, -0.2) is 39.8 Å². The molecule has 0 N–H and O–H groups in total. The molecule has 0 fully saturated rings. The molecule has 4 rings (SSSR count). The quantitative estimate of drug-likeness (QED) is 0.255. The van der Waals surface area contributed by atoms with E-state index in [-0.39, 0.29) is 25.0 Å². The number of ether oxygens (including phenoxy) is 2. The number of imidazole rings is 1. The molecule has 4 aromatic rings. The lowest BCUT2D eigenvalue weighted by atomic mass is 10.1. The average molecular weight is 508 g/mol. The Labute approximate surface area is 215 Å². The third-order valence-electron chi connectivity index (χ3n) is 6.12. The highest BCUT2D eigenvalue weighted by atomic mass is 35.5. The molecule has 0 aliphatic carbocycles. The Morgan fingerprint density at radius 3 is 2.50 bits per heavy atom. The van der Waals surface area contributed by atoms with E-state index < -0.39 is 0 Å². The van der Waals surface area contributed by atoms with Gasteiger partial charge in [0.15, 0.2) is 5.15 Å². The molecule has 0 bridgehead atoms. The van der Waals surface area contributed by atoms with Crippen molar-refractivity contribution in [3.8, 4) is 5.69 Å². The van der Waals surface area contributed by atoms with Gasteiger partial charge in [-0.15, -0.1) is 0 Å². The first-order valence-corrected chi connectivity index (χ1v) is 12.5. The van der Waals surface area contributed by atoms with Gasteiger partial charge >= 0.3 is 11.9 Å². The fourth-order valence-corrected chi connectivity index (χ4v) is 4.57. The number of para-hydroxylation sites is 1. The van der Waals surface area contributed by atoms with E-state index in [1.54, 1.807) is 6.92 Å². The molecule has 0 unspecified atom stereocenters. The number of carbonyl (C=O) groups is 2. The van der Waals surface area contributed by atoms with Gasteiger partial charge in [0, 0.05) is 23.0 Å². The van der Waals surface area contributed by atoms with E-state index in [1.807, 2.05) is 59.2 Å². The monoisotopic (exact) mass is 507 g/mol. The molecular weight excluding hydrogens is 478 g/mol. The normalized spacial score (nSPS) is 11.1. The molecule has 2 heterocycles. The van der Waals surface area contributed by atoms with Crippen molar-refractivity contribution >= 4 is 34.4 Å². The maximum Gasteiger partial charge on any atom is 0.354 e. The van der Waals surface area contributed by atoms with Crippen molar-refractivity contribution in [1.29, 1.82) is 0 Å². The van der Waals surface area contributed by atoms with Gasteiger partial charge in [-0.3, -0.25) is 9.36 Å². The Bertz CT molecular complexity index is 1370. The number of rotatable bonds is 10. The summed E-state index contributed by atoms with van der Waals surface area (Å²) in [5.41, 5.74) is 3.89. The first-order chi connectivity index (χ1) is 17.5. The molecule has 2 aromatic heterocycles. The summed E-state index contributed by atoms with van der Waals surface area (Å²) < 4.78 is 14.1. The second-order valence-corrected chi connectivity index (χ2v) is 8.88. The van der Waals surface area contributed by atoms with Crippen LogP contribution in [-0.2, 0) is 33.7 Å². The van der Waals surface area contributed by atoms with E-state index in [9.17, 15) is 9.59 Å². The SMILES string of the molecule is CCCCc1nc(Cl)c(Cn2c(C(=O)OCC)cc3ccccc32)n1-c1ccc(CC(=O)OC)cc1. The predicted octanol–water partition coefficient (Wildman–Crippen LogP) is 5.76. The number of hydrogen-bond acceptors (Lipinski definition) is 5. The Morgan fingerprint density at radius 2 is 1.81 bits per heavy atom. The minimum absolute atomic E-state index is 0.204. The summed E-state index contributed by atoms with van der Waals surface area (Å²) in [6.07, 6.45) is 2.95. The van der Waals surface area contributed by atoms with Crippen LogP contribution in [0.2, 0.25) is 5.15 Å². The summed E-state index contributed by atoms with van der Waals surface area (Å²) in [6, 6.07) is 17.4. The summed E-state index contributed by atoms with van der Waals surface area (Å²) >= 11 is 6.74. The van der Waals surface area contributed by atoms with Crippen molar-refractivity contribution in [3.05, 3.63) is 82.5 Å². The minimum Gasteiger partial charge on any atom is -0.469 e. The van der Waals surface area contributed by atoms with Gasteiger partial charge in [0.25, 0.3) is 0 Å². The zero-order valence-electron chi connectivity index (χ0n) is 20.8. The fraction of sp³-hybridized carbons (Fsp3) is 0.321. The summed E-state index contributed by atoms with van der Waals surface area (Å²) in [6.45, 7) is 4.55. The molecule has 0 saturated carbocycles. The van der Waals surface area contributed by atoms with E-state index in [2.05, 4.69) is 11.5 Å². The van der Waals surface area contributed by atoms with Crippen LogP contribution in [0.25, 0.3) is 16.6 Å². The fourth-order valence-electron chi connectivity index (χ4n) is 4.33. The molecule has 0 aliphatic rings. The highest BCUT2D eigenvalue weighted by Gasteiger charge is 2.22. The number of esters is 2. The van der Waals surface area contributed by atoms with Crippen LogP contribution in [0.3, 0.4) is 0 Å². The first-order valence-electron chi connectivity index (χ1n) is 12.1. The maximum absolute atomic E-state index is 12.8. The molecule has 0 atom stereocenters. The van der Waals surface area contributed by atoms with Crippen LogP contribution < -0.4 is 0 Å². The second kappa shape index (κ2) is 11.4. The molecule has 36 heavy (non-hydrogen) atoms. The van der Waals surface area contributed by atoms with Crippen LogP contribution >= 0.6 is 11.6 Å². The zero-order chi connectivity index (χ0) is 25.7. The number of benzene rings is 2. The van der Waals surface area contributed by atoms with Crippen molar-refractivity contribution < 1.29 is 19.1 Å². The van der Waals surface area contributed by atoms with Gasteiger partial charge in [0.05, 0.1) is 32.4 Å². The van der Waals surface area contributed by atoms with Crippen molar-refractivity contribution in [1.82, 2.24) is 14.1 Å². The molecule has 0 spiro atoms. The molecule has 0 amide bonds. The number of fused-ring (bicyclic) bond motifs is 1. The van der Waals surface area contributed by atoms with Crippen molar-refractivity contribution in [2.24, 2.45) is 0 Å². The minimum atomic E-state index is -0.380. The number of aromatic nitrogens is 3. The van der Waals surface area contributed by atoms with Crippen LogP contribution in [0.4, 0.5) is 0 Å². The van der Waals surface area contributed by atoms with E-state index in [0.29, 0.717) is 17.4 Å². The Hall–Kier alpha value is -3.58. The van der Waals surface area contributed by atoms with Gasteiger partial charge in [-0.05, 0) is 43.2 Å². The second-order valence-electron chi connectivity index (χ2n) is 8.52. The van der Waals surface area contributed by atoms with Crippen LogP contribution in [0.5, 0.6) is 0 Å². The van der Waals surface area contributed by atoms with Gasteiger partial charge in [-0.25, -0.2) is 9.78 Å². The largest absolute Gasteiger partial charge is 0.469 e. The van der Waals surface area contributed by atoms with Crippen LogP contribution in [0.1, 0.15) is 54.3 Å². The third kappa shape index (κ3) is 5.31. The highest BCUT2D eigenvalue weighted by molar-refractivity contribution is 6.30. The highest BCUT2D eigenvalue weighted by Crippen LogP contribution is 2.28. The molecular formula is C28H30ClN3O4. The topological polar surface area (TPSA) is 75.4 Å². The van der Waals surface area contributed by atoms with Gasteiger partial charge in [0.2, 0.25) is 0 Å². The van der Waals surface area contributed by atoms with E-state index in [0.717, 1.165) is 52.9 Å². The van der Waals surface area contributed by atoms with Crippen molar-refractivity contribution in [2.45, 2.75) is 46.1 Å². The van der Waals surface area contributed by atoms with Crippen LogP contribution in [0, 0.1) is 0 Å². The van der Waals surface area contributed by atoms with Gasteiger partial charge in [0.1, 0.15) is 11.5 Å². The molecule has 188 valence electrons. The van der Waals surface area contributed by atoms with Gasteiger partial charge in [-0.2, -0.15) is 0 Å². The number of methoxy groups -OCH3 is 1. The smallest absolute Gasteiger partial charge is 0.354 e. The lowest BCUT2D eigenvalue weighted by molar-refractivity contribution is -0.139. The van der Waals surface area contributed by atoms with E-state index >= 15 is 0 Å². The van der Waals surface area contributed by atoms with E-state index in [1.165, 1.54) is 7.11 Å². The summed E-state index contributed by atoms with van der Waals surface area (Å²) in [5, 5.41) is 1.34. The third-order valence-corrected chi connectivity index (χ3v) is 6.42. The number of carbonyl (C=O) groups excluding carboxylic acids is 2. The zero-order valence-corrected chi connectivity index (χ0v) is 21.5. The average Bonchev–Trinajstić information content (AvgIpc) is 3.41. The number of aryl methyl sites for hydroxylation is 1. The molecule has 2 aromatic carbocycles. The molecule has 8 heteroatoms. The van der Waals surface area contributed by atoms with Crippen LogP contribution in [0.15, 0.2) is 54.6 Å². The number of halogens is 1. The van der Waals surface area contributed by atoms with Crippen molar-refractivity contribution in [3.63, 3.8) is 0 Å². The van der Waals surface area contributed by atoms with Gasteiger partial charge < -0.3 is 14.0 Å². The first kappa shape index (κ1) is 25.5. The molecule has 0 radical (unpaired) electrons.